The summed E-state index contributed by atoms with van der Waals surface area (Å²) in [5.74, 6) is -0.694. The van der Waals surface area contributed by atoms with Gasteiger partial charge in [0.25, 0.3) is 0 Å². The third-order valence-corrected chi connectivity index (χ3v) is 4.21. The molecule has 0 radical (unpaired) electrons. The Balaban J connectivity index is 2.02. The van der Waals surface area contributed by atoms with E-state index in [1.165, 1.54) is 12.0 Å². The lowest BCUT2D eigenvalue weighted by molar-refractivity contribution is -0.155. The molecule has 148 valence electrons. The Morgan fingerprint density at radius 2 is 2.00 bits per heavy atom. The van der Waals surface area contributed by atoms with Gasteiger partial charge in [-0.25, -0.2) is 4.79 Å². The Bertz CT molecular complexity index is 722. The molecule has 1 amide bonds. The fourth-order valence-electron chi connectivity index (χ4n) is 2.89. The predicted octanol–water partition coefficient (Wildman–Crippen LogP) is 2.96. The fraction of sp³-hybridized carbons (Fsp3) is 0.550. The number of anilines is 1. The number of carbonyl (C=O) groups is 3. The van der Waals surface area contributed by atoms with Crippen LogP contribution in [0.3, 0.4) is 0 Å². The van der Waals surface area contributed by atoms with Crippen molar-refractivity contribution in [3.8, 4) is 5.75 Å². The molecule has 7 heteroatoms. The van der Waals surface area contributed by atoms with Crippen molar-refractivity contribution in [2.24, 2.45) is 5.92 Å². The monoisotopic (exact) mass is 377 g/mol. The highest BCUT2D eigenvalue weighted by molar-refractivity contribution is 5.99. The van der Waals surface area contributed by atoms with Crippen LogP contribution in [0.15, 0.2) is 18.2 Å². The lowest BCUT2D eigenvalue weighted by Crippen LogP contribution is -2.33. The Morgan fingerprint density at radius 1 is 1.30 bits per heavy atom. The third-order valence-electron chi connectivity index (χ3n) is 4.21. The molecule has 2 rings (SSSR count). The van der Waals surface area contributed by atoms with Gasteiger partial charge in [-0.3, -0.25) is 9.59 Å². The van der Waals surface area contributed by atoms with Crippen molar-refractivity contribution < 1.29 is 28.6 Å². The molecule has 1 aromatic rings. The SMILES string of the molecule is COC(=O)c1ccc2c(c1)N(C)C(=O)C(CCCC(=O)OC(C)(C)C)CO2. The number of methoxy groups -OCH3 is 1. The summed E-state index contributed by atoms with van der Waals surface area (Å²) in [5.41, 5.74) is 0.359. The van der Waals surface area contributed by atoms with Gasteiger partial charge in [0.05, 0.1) is 30.9 Å². The highest BCUT2D eigenvalue weighted by Gasteiger charge is 2.30. The molecular formula is C20H27NO6. The molecule has 1 heterocycles. The maximum Gasteiger partial charge on any atom is 0.337 e. The summed E-state index contributed by atoms with van der Waals surface area (Å²) in [5, 5.41) is 0. The van der Waals surface area contributed by atoms with Crippen molar-refractivity contribution in [3.63, 3.8) is 0 Å². The molecule has 1 aromatic carbocycles. The average molecular weight is 377 g/mol. The molecule has 27 heavy (non-hydrogen) atoms. The maximum atomic E-state index is 12.8. The topological polar surface area (TPSA) is 82.1 Å². The number of nitrogens with zero attached hydrogens (tertiary/aromatic N) is 1. The smallest absolute Gasteiger partial charge is 0.337 e. The van der Waals surface area contributed by atoms with Crippen LogP contribution in [0.1, 0.15) is 50.4 Å². The van der Waals surface area contributed by atoms with Gasteiger partial charge in [-0.1, -0.05) is 0 Å². The van der Waals surface area contributed by atoms with E-state index in [2.05, 4.69) is 0 Å². The van der Waals surface area contributed by atoms with Crippen molar-refractivity contribution in [3.05, 3.63) is 23.8 Å². The number of hydrogen-bond acceptors (Lipinski definition) is 6. The maximum absolute atomic E-state index is 12.8. The lowest BCUT2D eigenvalue weighted by atomic mass is 10.0. The standard InChI is InChI=1S/C20H27NO6/c1-20(2,3)27-17(22)8-6-7-14-12-26-16-10-9-13(19(24)25-5)11-15(16)21(4)18(14)23/h9-11,14H,6-8,12H2,1-5H3. The van der Waals surface area contributed by atoms with Gasteiger partial charge in [0.2, 0.25) is 5.91 Å². The van der Waals surface area contributed by atoms with E-state index in [0.29, 0.717) is 29.8 Å². The summed E-state index contributed by atoms with van der Waals surface area (Å²) in [7, 11) is 2.96. The van der Waals surface area contributed by atoms with Gasteiger partial charge in [0, 0.05) is 13.5 Å². The van der Waals surface area contributed by atoms with Crippen LogP contribution in [0.25, 0.3) is 0 Å². The molecule has 0 N–H and O–H groups in total. The minimum atomic E-state index is -0.516. The normalized spacial score (nSPS) is 16.9. The molecule has 0 aliphatic carbocycles. The highest BCUT2D eigenvalue weighted by atomic mass is 16.6. The average Bonchev–Trinajstić information content (AvgIpc) is 2.71. The zero-order chi connectivity index (χ0) is 20.2. The van der Waals surface area contributed by atoms with Crippen LogP contribution in [0.2, 0.25) is 0 Å². The van der Waals surface area contributed by atoms with Gasteiger partial charge in [0.1, 0.15) is 11.4 Å². The van der Waals surface area contributed by atoms with E-state index in [4.69, 9.17) is 14.2 Å². The van der Waals surface area contributed by atoms with Gasteiger partial charge in [-0.05, 0) is 51.8 Å². The molecule has 0 fully saturated rings. The van der Waals surface area contributed by atoms with E-state index >= 15 is 0 Å². The molecule has 1 aliphatic heterocycles. The second kappa shape index (κ2) is 8.41. The summed E-state index contributed by atoms with van der Waals surface area (Å²) in [6.07, 6.45) is 1.30. The number of carbonyl (C=O) groups excluding carboxylic acids is 3. The summed E-state index contributed by atoms with van der Waals surface area (Å²) in [4.78, 5) is 37.8. The van der Waals surface area contributed by atoms with E-state index in [9.17, 15) is 14.4 Å². The number of amides is 1. The van der Waals surface area contributed by atoms with Gasteiger partial charge in [-0.2, -0.15) is 0 Å². The molecule has 1 unspecified atom stereocenters. The Kier molecular flexibility index (Phi) is 6.46. The second-order valence-electron chi connectivity index (χ2n) is 7.56. The minimum absolute atomic E-state index is 0.111. The molecule has 0 saturated heterocycles. The summed E-state index contributed by atoms with van der Waals surface area (Å²) in [6.45, 7) is 5.69. The molecule has 0 saturated carbocycles. The second-order valence-corrected chi connectivity index (χ2v) is 7.56. The first-order valence-electron chi connectivity index (χ1n) is 8.97. The Hall–Kier alpha value is -2.57. The van der Waals surface area contributed by atoms with Crippen molar-refractivity contribution in [2.45, 2.75) is 45.6 Å². The molecule has 0 spiro atoms. The number of hydrogen-bond donors (Lipinski definition) is 0. The summed E-state index contributed by atoms with van der Waals surface area (Å²) < 4.78 is 15.8. The highest BCUT2D eigenvalue weighted by Crippen LogP contribution is 2.34. The van der Waals surface area contributed by atoms with Gasteiger partial charge < -0.3 is 19.1 Å². The van der Waals surface area contributed by atoms with Crippen molar-refractivity contribution >= 4 is 23.5 Å². The molecular weight excluding hydrogens is 350 g/mol. The molecule has 1 aliphatic rings. The van der Waals surface area contributed by atoms with E-state index < -0.39 is 11.6 Å². The molecule has 7 nitrogen and oxygen atoms in total. The molecule has 0 aromatic heterocycles. The van der Waals surface area contributed by atoms with E-state index in [1.807, 2.05) is 20.8 Å². The van der Waals surface area contributed by atoms with E-state index in [-0.39, 0.29) is 30.8 Å². The van der Waals surface area contributed by atoms with Crippen LogP contribution in [-0.4, -0.2) is 44.2 Å². The molecule has 0 bridgehead atoms. The fourth-order valence-corrected chi connectivity index (χ4v) is 2.89. The zero-order valence-electron chi connectivity index (χ0n) is 16.5. The molecule has 1 atom stereocenters. The third kappa shape index (κ3) is 5.45. The minimum Gasteiger partial charge on any atom is -0.491 e. The Labute approximate surface area is 159 Å². The first kappa shape index (κ1) is 20.7. The van der Waals surface area contributed by atoms with Gasteiger partial charge in [-0.15, -0.1) is 0 Å². The van der Waals surface area contributed by atoms with Crippen molar-refractivity contribution in [1.29, 1.82) is 0 Å². The summed E-state index contributed by atoms with van der Waals surface area (Å²) in [6, 6.07) is 4.85. The number of rotatable bonds is 5. The van der Waals surface area contributed by atoms with Gasteiger partial charge in [0.15, 0.2) is 0 Å². The van der Waals surface area contributed by atoms with Gasteiger partial charge >= 0.3 is 11.9 Å². The predicted molar refractivity (Wildman–Crippen MR) is 99.9 cm³/mol. The van der Waals surface area contributed by atoms with Crippen LogP contribution in [0, 0.1) is 5.92 Å². The van der Waals surface area contributed by atoms with Crippen LogP contribution in [0.5, 0.6) is 5.75 Å². The van der Waals surface area contributed by atoms with E-state index in [1.54, 1.807) is 25.2 Å². The largest absolute Gasteiger partial charge is 0.491 e. The van der Waals surface area contributed by atoms with E-state index in [0.717, 1.165) is 0 Å². The van der Waals surface area contributed by atoms with Crippen LogP contribution >= 0.6 is 0 Å². The quantitative estimate of drug-likeness (QED) is 0.734. The van der Waals surface area contributed by atoms with Crippen molar-refractivity contribution in [2.75, 3.05) is 25.7 Å². The summed E-state index contributed by atoms with van der Waals surface area (Å²) >= 11 is 0. The zero-order valence-corrected chi connectivity index (χ0v) is 16.5. The first-order valence-corrected chi connectivity index (χ1v) is 8.97. The van der Waals surface area contributed by atoms with Crippen LogP contribution < -0.4 is 9.64 Å². The number of fused-ring (bicyclic) bond motifs is 1. The number of esters is 2. The van der Waals surface area contributed by atoms with Crippen LogP contribution in [-0.2, 0) is 19.1 Å². The Morgan fingerprint density at radius 3 is 2.63 bits per heavy atom. The number of benzene rings is 1. The number of ether oxygens (including phenoxy) is 3. The van der Waals surface area contributed by atoms with Crippen LogP contribution in [0.4, 0.5) is 5.69 Å². The first-order chi connectivity index (χ1) is 12.6. The van der Waals surface area contributed by atoms with Crippen molar-refractivity contribution in [1.82, 2.24) is 0 Å². The lowest BCUT2D eigenvalue weighted by Gasteiger charge is -2.21.